The molecule has 3 nitrogen and oxygen atoms in total. The summed E-state index contributed by atoms with van der Waals surface area (Å²) < 4.78 is 5.03. The lowest BCUT2D eigenvalue weighted by Gasteiger charge is -2.24. The maximum atomic E-state index is 11.6. The van der Waals surface area contributed by atoms with Crippen LogP contribution in [0.25, 0.3) is 0 Å². The number of nitrogens with one attached hydrogen (secondary N) is 1. The Bertz CT molecular complexity index is 280. The first kappa shape index (κ1) is 12.0. The number of carbonyl (C=O) groups excluding carboxylic acids is 1. The number of allylic oxidation sites excluding steroid dienone is 2. The Hall–Kier alpha value is -0.480. The van der Waals surface area contributed by atoms with Crippen molar-refractivity contribution in [3.05, 3.63) is 12.2 Å². The van der Waals surface area contributed by atoms with Gasteiger partial charge in [0.25, 0.3) is 0 Å². The number of hydrogen-bond acceptors (Lipinski definition) is 4. The van der Waals surface area contributed by atoms with Crippen LogP contribution in [0.5, 0.6) is 0 Å². The second-order valence-corrected chi connectivity index (χ2v) is 5.44. The van der Waals surface area contributed by atoms with Crippen molar-refractivity contribution in [1.82, 2.24) is 5.32 Å². The van der Waals surface area contributed by atoms with Crippen LogP contribution in [0.1, 0.15) is 26.2 Å². The van der Waals surface area contributed by atoms with E-state index >= 15 is 0 Å². The van der Waals surface area contributed by atoms with E-state index in [-0.39, 0.29) is 12.0 Å². The topological polar surface area (TPSA) is 38.3 Å². The Labute approximate surface area is 101 Å². The van der Waals surface area contributed by atoms with Crippen LogP contribution in [0.15, 0.2) is 12.2 Å². The maximum Gasteiger partial charge on any atom is 0.324 e. The van der Waals surface area contributed by atoms with E-state index in [1.165, 1.54) is 12.8 Å². The van der Waals surface area contributed by atoms with E-state index in [0.717, 1.165) is 12.2 Å². The molecule has 0 bridgehead atoms. The zero-order chi connectivity index (χ0) is 11.4. The Morgan fingerprint density at radius 2 is 2.44 bits per heavy atom. The quantitative estimate of drug-likeness (QED) is 0.605. The van der Waals surface area contributed by atoms with E-state index in [1.54, 1.807) is 0 Å². The molecule has 16 heavy (non-hydrogen) atoms. The molecule has 0 aromatic heterocycles. The van der Waals surface area contributed by atoms with Crippen LogP contribution in [-0.4, -0.2) is 29.7 Å². The number of thioether (sulfide) groups is 1. The maximum absolute atomic E-state index is 11.6. The van der Waals surface area contributed by atoms with Crippen LogP contribution in [0.2, 0.25) is 0 Å². The lowest BCUT2D eigenvalue weighted by Crippen LogP contribution is -2.40. The molecule has 1 saturated heterocycles. The van der Waals surface area contributed by atoms with Crippen molar-refractivity contribution < 1.29 is 9.53 Å². The molecule has 0 saturated carbocycles. The average Bonchev–Trinajstić information content (AvgIpc) is 2.80. The summed E-state index contributed by atoms with van der Waals surface area (Å²) in [6, 6.07) is -0.0964. The van der Waals surface area contributed by atoms with Crippen molar-refractivity contribution in [2.75, 3.05) is 12.4 Å². The Kier molecular flexibility index (Phi) is 4.29. The zero-order valence-corrected chi connectivity index (χ0v) is 10.5. The van der Waals surface area contributed by atoms with Gasteiger partial charge >= 0.3 is 5.97 Å². The third-order valence-corrected chi connectivity index (χ3v) is 4.52. The smallest absolute Gasteiger partial charge is 0.324 e. The van der Waals surface area contributed by atoms with E-state index in [9.17, 15) is 4.79 Å². The summed E-state index contributed by atoms with van der Waals surface area (Å²) in [5.74, 6) is 1.43. The first-order chi connectivity index (χ1) is 7.81. The first-order valence-corrected chi connectivity index (χ1v) is 7.05. The van der Waals surface area contributed by atoms with Crippen molar-refractivity contribution in [2.45, 2.75) is 37.6 Å². The van der Waals surface area contributed by atoms with Crippen molar-refractivity contribution in [1.29, 1.82) is 0 Å². The molecule has 3 atom stereocenters. The molecule has 90 valence electrons. The fraction of sp³-hybridized carbons (Fsp3) is 0.750. The molecule has 0 unspecified atom stereocenters. The van der Waals surface area contributed by atoms with Gasteiger partial charge in [0.05, 0.1) is 12.0 Å². The summed E-state index contributed by atoms with van der Waals surface area (Å²) in [6.07, 6.45) is 8.05. The molecule has 4 heteroatoms. The molecule has 2 aliphatic rings. The molecule has 0 radical (unpaired) electrons. The molecule has 2 rings (SSSR count). The second kappa shape index (κ2) is 5.73. The van der Waals surface area contributed by atoms with Crippen LogP contribution in [0.4, 0.5) is 0 Å². The van der Waals surface area contributed by atoms with Gasteiger partial charge in [-0.1, -0.05) is 12.2 Å². The molecule has 0 aromatic rings. The Morgan fingerprint density at radius 1 is 1.56 bits per heavy atom. The van der Waals surface area contributed by atoms with Gasteiger partial charge in [-0.25, -0.2) is 0 Å². The minimum atomic E-state index is -0.0964. The van der Waals surface area contributed by atoms with Gasteiger partial charge in [0.2, 0.25) is 0 Å². The Morgan fingerprint density at radius 3 is 3.12 bits per heavy atom. The van der Waals surface area contributed by atoms with Gasteiger partial charge < -0.3 is 4.74 Å². The summed E-state index contributed by atoms with van der Waals surface area (Å²) in [6.45, 7) is 2.32. The van der Waals surface area contributed by atoms with Crippen LogP contribution in [-0.2, 0) is 9.53 Å². The molecule has 0 aromatic carbocycles. The monoisotopic (exact) mass is 241 g/mol. The van der Waals surface area contributed by atoms with Gasteiger partial charge in [-0.3, -0.25) is 10.1 Å². The third kappa shape index (κ3) is 2.80. The SMILES string of the molecule is CCOC(=O)[C@H]1CS[C@@H]([C@@H]2CC=CCC2)N1. The molecule has 1 aliphatic carbocycles. The van der Waals surface area contributed by atoms with E-state index in [2.05, 4.69) is 17.5 Å². The number of hydrogen-bond donors (Lipinski definition) is 1. The van der Waals surface area contributed by atoms with Gasteiger partial charge in [0, 0.05) is 5.75 Å². The molecule has 1 heterocycles. The highest BCUT2D eigenvalue weighted by atomic mass is 32.2. The van der Waals surface area contributed by atoms with Gasteiger partial charge in [-0.15, -0.1) is 11.8 Å². The number of esters is 1. The molecule has 1 N–H and O–H groups in total. The fourth-order valence-electron chi connectivity index (χ4n) is 2.24. The fourth-order valence-corrected chi connectivity index (χ4v) is 3.65. The van der Waals surface area contributed by atoms with E-state index in [0.29, 0.717) is 17.9 Å². The van der Waals surface area contributed by atoms with E-state index < -0.39 is 0 Å². The van der Waals surface area contributed by atoms with Crippen molar-refractivity contribution in [2.24, 2.45) is 5.92 Å². The van der Waals surface area contributed by atoms with Gasteiger partial charge in [-0.2, -0.15) is 0 Å². The summed E-state index contributed by atoms with van der Waals surface area (Å²) >= 11 is 1.87. The number of carbonyl (C=O) groups is 1. The molecule has 1 fully saturated rings. The molecular formula is C12H19NO2S. The first-order valence-electron chi connectivity index (χ1n) is 6.00. The summed E-state index contributed by atoms with van der Waals surface area (Å²) in [5.41, 5.74) is 0. The highest BCUT2D eigenvalue weighted by molar-refractivity contribution is 8.00. The van der Waals surface area contributed by atoms with Crippen molar-refractivity contribution in [3.63, 3.8) is 0 Å². The zero-order valence-electron chi connectivity index (χ0n) is 9.65. The largest absolute Gasteiger partial charge is 0.465 e. The molecule has 0 amide bonds. The highest BCUT2D eigenvalue weighted by Crippen LogP contribution is 2.32. The van der Waals surface area contributed by atoms with Crippen LogP contribution in [0.3, 0.4) is 0 Å². The Balaban J connectivity index is 1.83. The van der Waals surface area contributed by atoms with Crippen molar-refractivity contribution in [3.8, 4) is 0 Å². The minimum Gasteiger partial charge on any atom is -0.465 e. The average molecular weight is 241 g/mol. The predicted molar refractivity (Wildman–Crippen MR) is 66.3 cm³/mol. The normalized spacial score (nSPS) is 33.9. The van der Waals surface area contributed by atoms with Gasteiger partial charge in [-0.05, 0) is 32.1 Å². The lowest BCUT2D eigenvalue weighted by molar-refractivity contribution is -0.144. The number of ether oxygens (including phenoxy) is 1. The minimum absolute atomic E-state index is 0.0937. The van der Waals surface area contributed by atoms with E-state index in [1.807, 2.05) is 18.7 Å². The number of rotatable bonds is 3. The van der Waals surface area contributed by atoms with Crippen LogP contribution >= 0.6 is 11.8 Å². The van der Waals surface area contributed by atoms with Gasteiger partial charge in [0.1, 0.15) is 6.04 Å². The highest BCUT2D eigenvalue weighted by Gasteiger charge is 2.34. The third-order valence-electron chi connectivity index (χ3n) is 3.12. The summed E-state index contributed by atoms with van der Waals surface area (Å²) in [7, 11) is 0. The second-order valence-electron chi connectivity index (χ2n) is 4.27. The molecule has 1 aliphatic heterocycles. The summed E-state index contributed by atoms with van der Waals surface area (Å²) in [4.78, 5) is 11.6. The standard InChI is InChI=1S/C12H19NO2S/c1-2-15-12(14)10-8-16-11(13-10)9-6-4-3-5-7-9/h3-4,9-11,13H,2,5-8H2,1H3/t9-,10-,11+/m1/s1. The van der Waals surface area contributed by atoms with Crippen LogP contribution < -0.4 is 5.32 Å². The predicted octanol–water partition coefficient (Wildman–Crippen LogP) is 1.94. The lowest BCUT2D eigenvalue weighted by atomic mass is 9.94. The summed E-state index contributed by atoms with van der Waals surface area (Å²) in [5, 5.41) is 3.83. The van der Waals surface area contributed by atoms with E-state index in [4.69, 9.17) is 4.74 Å². The van der Waals surface area contributed by atoms with Crippen molar-refractivity contribution >= 4 is 17.7 Å². The molecular weight excluding hydrogens is 222 g/mol. The molecule has 0 spiro atoms. The van der Waals surface area contributed by atoms with Gasteiger partial charge in [0.15, 0.2) is 0 Å². The van der Waals surface area contributed by atoms with Crippen LogP contribution in [0, 0.1) is 5.92 Å².